The van der Waals surface area contributed by atoms with Crippen molar-refractivity contribution in [3.8, 4) is 5.75 Å². The molecule has 0 aliphatic rings. The van der Waals surface area contributed by atoms with E-state index in [0.717, 1.165) is 17.1 Å². The number of nitrogens with zero attached hydrogens (tertiary/aromatic N) is 2. The fourth-order valence-electron chi connectivity index (χ4n) is 1.78. The molecule has 0 aliphatic carbocycles. The van der Waals surface area contributed by atoms with Gasteiger partial charge in [0.1, 0.15) is 11.6 Å². The van der Waals surface area contributed by atoms with Crippen molar-refractivity contribution in [2.75, 3.05) is 23.5 Å². The number of anilines is 2. The fraction of sp³-hybridized carbons (Fsp3) is 0.267. The minimum absolute atomic E-state index is 0.481. The SMILES string of the molecule is CCOc1ccc(NC(=S)Nc2cc(C)nc(SC)n2)cc1. The van der Waals surface area contributed by atoms with Crippen molar-refractivity contribution in [2.24, 2.45) is 0 Å². The monoisotopic (exact) mass is 334 g/mol. The fourth-order valence-corrected chi connectivity index (χ4v) is 2.42. The van der Waals surface area contributed by atoms with Crippen LogP contribution in [0.3, 0.4) is 0 Å². The number of ether oxygens (including phenoxy) is 1. The minimum Gasteiger partial charge on any atom is -0.494 e. The van der Waals surface area contributed by atoms with Gasteiger partial charge in [-0.2, -0.15) is 0 Å². The number of hydrogen-bond donors (Lipinski definition) is 2. The Morgan fingerprint density at radius 1 is 1.23 bits per heavy atom. The Labute approximate surface area is 139 Å². The number of thiocarbonyl (C=S) groups is 1. The molecule has 0 aliphatic heterocycles. The molecule has 5 nitrogen and oxygen atoms in total. The van der Waals surface area contributed by atoms with Gasteiger partial charge in [-0.3, -0.25) is 0 Å². The highest BCUT2D eigenvalue weighted by atomic mass is 32.2. The minimum atomic E-state index is 0.481. The van der Waals surface area contributed by atoms with Crippen LogP contribution in [0.2, 0.25) is 0 Å². The Kier molecular flexibility index (Phi) is 5.97. The number of thioether (sulfide) groups is 1. The highest BCUT2D eigenvalue weighted by Crippen LogP contribution is 2.17. The topological polar surface area (TPSA) is 59.1 Å². The second-order valence-corrected chi connectivity index (χ2v) is 5.60. The molecule has 0 spiro atoms. The van der Waals surface area contributed by atoms with E-state index in [9.17, 15) is 0 Å². The number of rotatable bonds is 5. The van der Waals surface area contributed by atoms with Crippen molar-refractivity contribution in [3.05, 3.63) is 36.0 Å². The normalized spacial score (nSPS) is 10.1. The predicted octanol–water partition coefficient (Wildman–Crippen LogP) is 3.71. The van der Waals surface area contributed by atoms with E-state index in [1.165, 1.54) is 11.8 Å². The molecule has 0 unspecified atom stereocenters. The van der Waals surface area contributed by atoms with E-state index in [0.29, 0.717) is 22.7 Å². The number of nitrogens with one attached hydrogen (secondary N) is 2. The van der Waals surface area contributed by atoms with Gasteiger partial charge in [-0.15, -0.1) is 0 Å². The van der Waals surface area contributed by atoms with E-state index >= 15 is 0 Å². The van der Waals surface area contributed by atoms with Crippen molar-refractivity contribution < 1.29 is 4.74 Å². The van der Waals surface area contributed by atoms with Crippen LogP contribution in [0, 0.1) is 6.92 Å². The van der Waals surface area contributed by atoms with Crippen LogP contribution in [0.25, 0.3) is 0 Å². The molecule has 2 aromatic rings. The average Bonchev–Trinajstić information content (AvgIpc) is 2.48. The lowest BCUT2D eigenvalue weighted by Gasteiger charge is -2.11. The second-order valence-electron chi connectivity index (χ2n) is 4.42. The molecule has 7 heteroatoms. The molecule has 22 heavy (non-hydrogen) atoms. The van der Waals surface area contributed by atoms with E-state index in [2.05, 4.69) is 20.6 Å². The van der Waals surface area contributed by atoms with Gasteiger partial charge < -0.3 is 15.4 Å². The van der Waals surface area contributed by atoms with Crippen LogP contribution in [0.4, 0.5) is 11.5 Å². The number of benzene rings is 1. The molecule has 0 amide bonds. The molecule has 2 rings (SSSR count). The van der Waals surface area contributed by atoms with Gasteiger partial charge in [-0.05, 0) is 56.6 Å². The standard InChI is InChI=1S/C15H18N4OS2/c1-4-20-12-7-5-11(6-8-12)17-14(21)18-13-9-10(2)16-15(19-13)22-3/h5-9H,4H2,1-3H3,(H2,16,17,18,19,21). The molecule has 1 aromatic heterocycles. The number of hydrogen-bond acceptors (Lipinski definition) is 5. The molecule has 1 heterocycles. The van der Waals surface area contributed by atoms with Gasteiger partial charge in [0.05, 0.1) is 6.61 Å². The van der Waals surface area contributed by atoms with Crippen LogP contribution in [-0.2, 0) is 0 Å². The molecular weight excluding hydrogens is 316 g/mol. The lowest BCUT2D eigenvalue weighted by Crippen LogP contribution is -2.20. The first-order valence-electron chi connectivity index (χ1n) is 6.81. The summed E-state index contributed by atoms with van der Waals surface area (Å²) in [6.45, 7) is 4.53. The molecule has 0 radical (unpaired) electrons. The van der Waals surface area contributed by atoms with Crippen LogP contribution in [0.15, 0.2) is 35.5 Å². The Balaban J connectivity index is 1.99. The predicted molar refractivity (Wildman–Crippen MR) is 96.0 cm³/mol. The van der Waals surface area contributed by atoms with Crippen molar-refractivity contribution in [2.45, 2.75) is 19.0 Å². The second kappa shape index (κ2) is 7.95. The maximum Gasteiger partial charge on any atom is 0.189 e. The first kappa shape index (κ1) is 16.5. The van der Waals surface area contributed by atoms with Crippen LogP contribution in [0.5, 0.6) is 5.75 Å². The lowest BCUT2D eigenvalue weighted by molar-refractivity contribution is 0.340. The summed E-state index contributed by atoms with van der Waals surface area (Å²) in [5, 5.41) is 7.38. The van der Waals surface area contributed by atoms with Gasteiger partial charge in [0.15, 0.2) is 10.3 Å². The Hall–Kier alpha value is -1.86. The van der Waals surface area contributed by atoms with Gasteiger partial charge >= 0.3 is 0 Å². The van der Waals surface area contributed by atoms with Crippen LogP contribution < -0.4 is 15.4 Å². The molecular formula is C15H18N4OS2. The van der Waals surface area contributed by atoms with Crippen molar-refractivity contribution in [1.82, 2.24) is 9.97 Å². The molecule has 1 aromatic carbocycles. The summed E-state index contributed by atoms with van der Waals surface area (Å²) in [5.74, 6) is 1.52. The summed E-state index contributed by atoms with van der Waals surface area (Å²) in [7, 11) is 0. The zero-order valence-corrected chi connectivity index (χ0v) is 14.3. The molecule has 0 fully saturated rings. The molecule has 0 saturated heterocycles. The van der Waals surface area contributed by atoms with Gasteiger partial charge in [0, 0.05) is 17.4 Å². The zero-order chi connectivity index (χ0) is 15.9. The van der Waals surface area contributed by atoms with Gasteiger partial charge in [0.25, 0.3) is 0 Å². The average molecular weight is 334 g/mol. The molecule has 2 N–H and O–H groups in total. The van der Waals surface area contributed by atoms with Crippen LogP contribution >= 0.6 is 24.0 Å². The highest BCUT2D eigenvalue weighted by molar-refractivity contribution is 7.98. The molecule has 0 bridgehead atoms. The maximum absolute atomic E-state index is 5.40. The van der Waals surface area contributed by atoms with Crippen molar-refractivity contribution in [3.63, 3.8) is 0 Å². The summed E-state index contributed by atoms with van der Waals surface area (Å²) in [5.41, 5.74) is 1.78. The quantitative estimate of drug-likeness (QED) is 0.491. The largest absolute Gasteiger partial charge is 0.494 e. The summed E-state index contributed by atoms with van der Waals surface area (Å²) in [4.78, 5) is 8.67. The Bertz CT molecular complexity index is 646. The lowest BCUT2D eigenvalue weighted by atomic mass is 10.3. The third-order valence-electron chi connectivity index (χ3n) is 2.68. The van der Waals surface area contributed by atoms with Gasteiger partial charge in [-0.25, -0.2) is 9.97 Å². The van der Waals surface area contributed by atoms with Crippen LogP contribution in [-0.4, -0.2) is 27.9 Å². The van der Waals surface area contributed by atoms with E-state index < -0.39 is 0 Å². The molecule has 0 atom stereocenters. The van der Waals surface area contributed by atoms with Crippen molar-refractivity contribution >= 4 is 40.6 Å². The Morgan fingerprint density at radius 3 is 2.59 bits per heavy atom. The first-order valence-corrected chi connectivity index (χ1v) is 8.44. The highest BCUT2D eigenvalue weighted by Gasteiger charge is 2.04. The van der Waals surface area contributed by atoms with Crippen molar-refractivity contribution in [1.29, 1.82) is 0 Å². The maximum atomic E-state index is 5.40. The molecule has 116 valence electrons. The summed E-state index contributed by atoms with van der Waals surface area (Å²) < 4.78 is 5.40. The van der Waals surface area contributed by atoms with E-state index in [-0.39, 0.29) is 0 Å². The zero-order valence-electron chi connectivity index (χ0n) is 12.7. The first-order chi connectivity index (χ1) is 10.6. The summed E-state index contributed by atoms with van der Waals surface area (Å²) >= 11 is 6.80. The summed E-state index contributed by atoms with van der Waals surface area (Å²) in [6.07, 6.45) is 1.94. The van der Waals surface area contributed by atoms with E-state index in [4.69, 9.17) is 17.0 Å². The van der Waals surface area contributed by atoms with Crippen LogP contribution in [0.1, 0.15) is 12.6 Å². The number of aromatic nitrogens is 2. The molecule has 0 saturated carbocycles. The summed E-state index contributed by atoms with van der Waals surface area (Å²) in [6, 6.07) is 9.48. The smallest absolute Gasteiger partial charge is 0.189 e. The Morgan fingerprint density at radius 2 is 1.95 bits per heavy atom. The van der Waals surface area contributed by atoms with E-state index in [1.54, 1.807) is 0 Å². The van der Waals surface area contributed by atoms with E-state index in [1.807, 2.05) is 50.4 Å². The third-order valence-corrected chi connectivity index (χ3v) is 3.43. The van der Waals surface area contributed by atoms with Gasteiger partial charge in [0.2, 0.25) is 0 Å². The van der Waals surface area contributed by atoms with Gasteiger partial charge in [-0.1, -0.05) is 11.8 Å². The number of aryl methyl sites for hydroxylation is 1. The third kappa shape index (κ3) is 4.85.